The molecule has 1 atom stereocenters. The standard InChI is InChI=1S/C12H15N3O2/c1-12(2)16-8-11(17-12)7-15-9-3-4-14-10(5-9)6-13/h3-5,11H,7-8H2,1-2H3,(H,14,15). The number of hydrogen-bond donors (Lipinski definition) is 1. The molecule has 1 N–H and O–H groups in total. The van der Waals surface area contributed by atoms with Crippen LogP contribution < -0.4 is 5.32 Å². The summed E-state index contributed by atoms with van der Waals surface area (Å²) in [6.45, 7) is 5.02. The lowest BCUT2D eigenvalue weighted by atomic mass is 10.3. The molecule has 1 fully saturated rings. The van der Waals surface area contributed by atoms with E-state index >= 15 is 0 Å². The summed E-state index contributed by atoms with van der Waals surface area (Å²) >= 11 is 0. The fourth-order valence-corrected chi connectivity index (χ4v) is 1.70. The number of anilines is 1. The van der Waals surface area contributed by atoms with Gasteiger partial charge in [0.25, 0.3) is 0 Å². The van der Waals surface area contributed by atoms with Crippen molar-refractivity contribution in [1.29, 1.82) is 5.26 Å². The van der Waals surface area contributed by atoms with Crippen LogP contribution in [0.15, 0.2) is 18.3 Å². The fraction of sp³-hybridized carbons (Fsp3) is 0.500. The van der Waals surface area contributed by atoms with Gasteiger partial charge in [-0.15, -0.1) is 0 Å². The molecule has 90 valence electrons. The van der Waals surface area contributed by atoms with Crippen molar-refractivity contribution in [3.05, 3.63) is 24.0 Å². The van der Waals surface area contributed by atoms with Gasteiger partial charge in [-0.25, -0.2) is 4.98 Å². The largest absolute Gasteiger partial charge is 0.382 e. The molecule has 0 radical (unpaired) electrons. The van der Waals surface area contributed by atoms with Crippen molar-refractivity contribution in [2.24, 2.45) is 0 Å². The van der Waals surface area contributed by atoms with Crippen LogP contribution in [-0.4, -0.2) is 30.0 Å². The van der Waals surface area contributed by atoms with Crippen molar-refractivity contribution in [3.8, 4) is 6.07 Å². The number of aromatic nitrogens is 1. The number of rotatable bonds is 3. The molecule has 5 heteroatoms. The predicted molar refractivity (Wildman–Crippen MR) is 62.3 cm³/mol. The van der Waals surface area contributed by atoms with Gasteiger partial charge in [0.05, 0.1) is 6.61 Å². The number of pyridine rings is 1. The highest BCUT2D eigenvalue weighted by molar-refractivity contribution is 5.45. The van der Waals surface area contributed by atoms with Crippen LogP contribution in [0.2, 0.25) is 0 Å². The molecule has 17 heavy (non-hydrogen) atoms. The number of nitrogens with one attached hydrogen (secondary N) is 1. The van der Waals surface area contributed by atoms with Crippen LogP contribution in [0.4, 0.5) is 5.69 Å². The molecule has 2 rings (SSSR count). The highest BCUT2D eigenvalue weighted by Crippen LogP contribution is 2.22. The second kappa shape index (κ2) is 4.70. The van der Waals surface area contributed by atoms with E-state index in [4.69, 9.17) is 14.7 Å². The molecule has 1 aliphatic heterocycles. The minimum atomic E-state index is -0.498. The Morgan fingerprint density at radius 1 is 1.65 bits per heavy atom. The van der Waals surface area contributed by atoms with Crippen molar-refractivity contribution in [2.75, 3.05) is 18.5 Å². The molecule has 1 saturated heterocycles. The van der Waals surface area contributed by atoms with Crippen molar-refractivity contribution >= 4 is 5.69 Å². The highest BCUT2D eigenvalue weighted by Gasteiger charge is 2.32. The zero-order chi connectivity index (χ0) is 12.3. The third kappa shape index (κ3) is 3.16. The first-order valence-electron chi connectivity index (χ1n) is 5.51. The zero-order valence-corrected chi connectivity index (χ0v) is 9.93. The lowest BCUT2D eigenvalue weighted by molar-refractivity contribution is -0.136. The molecule has 0 aliphatic carbocycles. The van der Waals surface area contributed by atoms with Gasteiger partial charge in [-0.2, -0.15) is 5.26 Å². The number of hydrogen-bond acceptors (Lipinski definition) is 5. The van der Waals surface area contributed by atoms with Crippen LogP contribution in [-0.2, 0) is 9.47 Å². The van der Waals surface area contributed by atoms with Crippen LogP contribution in [0.1, 0.15) is 19.5 Å². The first-order chi connectivity index (χ1) is 8.09. The van der Waals surface area contributed by atoms with E-state index in [9.17, 15) is 0 Å². The summed E-state index contributed by atoms with van der Waals surface area (Å²) in [5, 5.41) is 11.9. The number of ether oxygens (including phenoxy) is 2. The third-order valence-electron chi connectivity index (χ3n) is 2.48. The average molecular weight is 233 g/mol. The van der Waals surface area contributed by atoms with Gasteiger partial charge >= 0.3 is 0 Å². The minimum absolute atomic E-state index is 0.0312. The quantitative estimate of drug-likeness (QED) is 0.857. The van der Waals surface area contributed by atoms with E-state index in [0.29, 0.717) is 18.8 Å². The molecule has 0 saturated carbocycles. The summed E-state index contributed by atoms with van der Waals surface area (Å²) in [5.74, 6) is -0.498. The van der Waals surface area contributed by atoms with Crippen molar-refractivity contribution in [1.82, 2.24) is 4.98 Å². The maximum absolute atomic E-state index is 8.73. The normalized spacial score (nSPS) is 22.1. The van der Waals surface area contributed by atoms with E-state index in [0.717, 1.165) is 5.69 Å². The van der Waals surface area contributed by atoms with Gasteiger partial charge in [-0.1, -0.05) is 0 Å². The molecule has 1 aromatic heterocycles. The van der Waals surface area contributed by atoms with Gasteiger partial charge in [0, 0.05) is 18.4 Å². The van der Waals surface area contributed by atoms with Crippen molar-refractivity contribution in [2.45, 2.75) is 25.7 Å². The van der Waals surface area contributed by atoms with Crippen molar-refractivity contribution < 1.29 is 9.47 Å². The van der Waals surface area contributed by atoms with E-state index in [-0.39, 0.29) is 6.10 Å². The van der Waals surface area contributed by atoms with E-state index in [1.165, 1.54) is 0 Å². The lowest BCUT2D eigenvalue weighted by Crippen LogP contribution is -2.26. The Hall–Kier alpha value is -1.64. The summed E-state index contributed by atoms with van der Waals surface area (Å²) in [7, 11) is 0. The summed E-state index contributed by atoms with van der Waals surface area (Å²) in [6, 6.07) is 5.53. The Morgan fingerprint density at radius 3 is 3.12 bits per heavy atom. The molecule has 1 aliphatic rings. The Balaban J connectivity index is 1.88. The maximum Gasteiger partial charge on any atom is 0.163 e. The van der Waals surface area contributed by atoms with Crippen LogP contribution in [0.25, 0.3) is 0 Å². The van der Waals surface area contributed by atoms with Gasteiger partial charge in [0.15, 0.2) is 5.79 Å². The molecule has 1 aromatic rings. The molecular formula is C12H15N3O2. The average Bonchev–Trinajstić information content (AvgIpc) is 2.67. The second-order valence-corrected chi connectivity index (χ2v) is 4.37. The molecule has 0 amide bonds. The number of nitriles is 1. The van der Waals surface area contributed by atoms with E-state index in [2.05, 4.69) is 10.3 Å². The third-order valence-corrected chi connectivity index (χ3v) is 2.48. The van der Waals surface area contributed by atoms with Gasteiger partial charge in [-0.3, -0.25) is 0 Å². The van der Waals surface area contributed by atoms with Crippen LogP contribution in [0.5, 0.6) is 0 Å². The first kappa shape index (κ1) is 11.8. The molecular weight excluding hydrogens is 218 g/mol. The van der Waals surface area contributed by atoms with Crippen LogP contribution >= 0.6 is 0 Å². The fourth-order valence-electron chi connectivity index (χ4n) is 1.70. The Morgan fingerprint density at radius 2 is 2.47 bits per heavy atom. The van der Waals surface area contributed by atoms with Crippen molar-refractivity contribution in [3.63, 3.8) is 0 Å². The van der Waals surface area contributed by atoms with E-state index in [1.54, 1.807) is 12.3 Å². The number of nitrogens with zero attached hydrogens (tertiary/aromatic N) is 2. The van der Waals surface area contributed by atoms with Gasteiger partial charge < -0.3 is 14.8 Å². The van der Waals surface area contributed by atoms with Gasteiger partial charge in [-0.05, 0) is 26.0 Å². The summed E-state index contributed by atoms with van der Waals surface area (Å²) in [6.07, 6.45) is 1.64. The van der Waals surface area contributed by atoms with Crippen LogP contribution in [0.3, 0.4) is 0 Å². The molecule has 1 unspecified atom stereocenters. The Kier molecular flexibility index (Phi) is 3.27. The Bertz CT molecular complexity index is 440. The monoisotopic (exact) mass is 233 g/mol. The van der Waals surface area contributed by atoms with Gasteiger partial charge in [0.1, 0.15) is 17.9 Å². The summed E-state index contributed by atoms with van der Waals surface area (Å²) < 4.78 is 11.1. The van der Waals surface area contributed by atoms with E-state index < -0.39 is 5.79 Å². The zero-order valence-electron chi connectivity index (χ0n) is 9.93. The van der Waals surface area contributed by atoms with E-state index in [1.807, 2.05) is 26.0 Å². The predicted octanol–water partition coefficient (Wildman–Crippen LogP) is 1.52. The highest BCUT2D eigenvalue weighted by atomic mass is 16.7. The van der Waals surface area contributed by atoms with Gasteiger partial charge in [0.2, 0.25) is 0 Å². The molecule has 0 bridgehead atoms. The summed E-state index contributed by atoms with van der Waals surface area (Å²) in [5.41, 5.74) is 1.27. The first-order valence-corrected chi connectivity index (χ1v) is 5.51. The minimum Gasteiger partial charge on any atom is -0.382 e. The summed E-state index contributed by atoms with van der Waals surface area (Å²) in [4.78, 5) is 3.90. The second-order valence-electron chi connectivity index (χ2n) is 4.37. The molecule has 0 aromatic carbocycles. The molecule has 0 spiro atoms. The molecule has 5 nitrogen and oxygen atoms in total. The maximum atomic E-state index is 8.73. The lowest BCUT2D eigenvalue weighted by Gasteiger charge is -2.17. The smallest absolute Gasteiger partial charge is 0.163 e. The topological polar surface area (TPSA) is 67.2 Å². The molecule has 2 heterocycles. The SMILES string of the molecule is CC1(C)OCC(CNc2ccnc(C#N)c2)O1. The van der Waals surface area contributed by atoms with Crippen LogP contribution in [0, 0.1) is 11.3 Å². The Labute approximate surface area is 100 Å².